The van der Waals surface area contributed by atoms with Crippen LogP contribution in [0.15, 0.2) is 24.5 Å². The van der Waals surface area contributed by atoms with Crippen LogP contribution in [0.25, 0.3) is 0 Å². The molecule has 0 aliphatic heterocycles. The predicted octanol–water partition coefficient (Wildman–Crippen LogP) is 0.946. The molecule has 0 atom stereocenters. The summed E-state index contributed by atoms with van der Waals surface area (Å²) in [4.78, 5) is 27.8. The van der Waals surface area contributed by atoms with Crippen LogP contribution in [0.3, 0.4) is 0 Å². The van der Waals surface area contributed by atoms with Crippen molar-refractivity contribution < 1.29 is 14.7 Å². The molecule has 17 heavy (non-hydrogen) atoms. The van der Waals surface area contributed by atoms with Crippen LogP contribution in [-0.4, -0.2) is 39.5 Å². The molecular weight excluding hydrogens is 220 g/mol. The van der Waals surface area contributed by atoms with E-state index in [1.807, 2.05) is 0 Å². The van der Waals surface area contributed by atoms with Crippen LogP contribution in [-0.2, 0) is 16.0 Å². The fourth-order valence-corrected chi connectivity index (χ4v) is 1.48. The first kappa shape index (κ1) is 13.2. The van der Waals surface area contributed by atoms with Crippen molar-refractivity contribution in [2.75, 3.05) is 6.54 Å². The van der Waals surface area contributed by atoms with E-state index in [-0.39, 0.29) is 24.9 Å². The van der Waals surface area contributed by atoms with E-state index in [2.05, 4.69) is 4.98 Å². The van der Waals surface area contributed by atoms with Crippen molar-refractivity contribution in [2.45, 2.75) is 26.3 Å². The summed E-state index contributed by atoms with van der Waals surface area (Å²) in [6, 6.07) is 3.37. The van der Waals surface area contributed by atoms with Gasteiger partial charge >= 0.3 is 5.97 Å². The Bertz CT molecular complexity index is 390. The molecule has 0 saturated heterocycles. The number of carboxylic acids is 1. The molecule has 92 valence electrons. The lowest BCUT2D eigenvalue weighted by molar-refractivity contribution is -0.145. The van der Waals surface area contributed by atoms with Crippen LogP contribution in [0.5, 0.6) is 0 Å². The van der Waals surface area contributed by atoms with Gasteiger partial charge in [0.25, 0.3) is 0 Å². The first-order valence-electron chi connectivity index (χ1n) is 5.41. The third-order valence-electron chi connectivity index (χ3n) is 2.35. The summed E-state index contributed by atoms with van der Waals surface area (Å²) < 4.78 is 0. The molecule has 5 heteroatoms. The van der Waals surface area contributed by atoms with E-state index in [1.54, 1.807) is 38.4 Å². The van der Waals surface area contributed by atoms with Gasteiger partial charge in [-0.05, 0) is 31.5 Å². The van der Waals surface area contributed by atoms with Gasteiger partial charge in [0.1, 0.15) is 6.54 Å². The zero-order valence-electron chi connectivity index (χ0n) is 9.96. The second kappa shape index (κ2) is 5.98. The maximum atomic E-state index is 11.9. The molecule has 5 nitrogen and oxygen atoms in total. The maximum Gasteiger partial charge on any atom is 0.323 e. The zero-order chi connectivity index (χ0) is 12.8. The Labute approximate surface area is 100 Å². The average molecular weight is 236 g/mol. The number of carbonyl (C=O) groups is 2. The van der Waals surface area contributed by atoms with Crippen molar-refractivity contribution in [1.82, 2.24) is 9.88 Å². The van der Waals surface area contributed by atoms with E-state index in [0.29, 0.717) is 0 Å². The summed E-state index contributed by atoms with van der Waals surface area (Å²) >= 11 is 0. The molecule has 0 aliphatic carbocycles. The summed E-state index contributed by atoms with van der Waals surface area (Å²) in [6.07, 6.45) is 3.42. The van der Waals surface area contributed by atoms with Gasteiger partial charge in [-0.3, -0.25) is 14.6 Å². The molecule has 0 radical (unpaired) electrons. The molecular formula is C12H16N2O3. The van der Waals surface area contributed by atoms with Gasteiger partial charge in [0, 0.05) is 18.4 Å². The van der Waals surface area contributed by atoms with Crippen LogP contribution in [0.2, 0.25) is 0 Å². The van der Waals surface area contributed by atoms with E-state index in [9.17, 15) is 9.59 Å². The topological polar surface area (TPSA) is 70.5 Å². The van der Waals surface area contributed by atoms with Gasteiger partial charge in [0.05, 0.1) is 6.42 Å². The van der Waals surface area contributed by atoms with Gasteiger partial charge in [-0.1, -0.05) is 0 Å². The van der Waals surface area contributed by atoms with Crippen molar-refractivity contribution >= 4 is 11.9 Å². The van der Waals surface area contributed by atoms with Crippen LogP contribution < -0.4 is 0 Å². The van der Waals surface area contributed by atoms with Gasteiger partial charge in [-0.2, -0.15) is 0 Å². The molecule has 0 spiro atoms. The second-order valence-corrected chi connectivity index (χ2v) is 4.04. The Balaban J connectivity index is 2.69. The van der Waals surface area contributed by atoms with Crippen molar-refractivity contribution in [3.63, 3.8) is 0 Å². The van der Waals surface area contributed by atoms with Gasteiger partial charge in [0.15, 0.2) is 0 Å². The van der Waals surface area contributed by atoms with Crippen molar-refractivity contribution in [1.29, 1.82) is 0 Å². The number of amides is 1. The Morgan fingerprint density at radius 2 is 1.94 bits per heavy atom. The molecule has 1 heterocycles. The third kappa shape index (κ3) is 4.22. The monoisotopic (exact) mass is 236 g/mol. The number of aromatic nitrogens is 1. The summed E-state index contributed by atoms with van der Waals surface area (Å²) in [5.74, 6) is -1.18. The Morgan fingerprint density at radius 3 is 2.41 bits per heavy atom. The van der Waals surface area contributed by atoms with Gasteiger partial charge in [-0.15, -0.1) is 0 Å². The second-order valence-electron chi connectivity index (χ2n) is 4.04. The SMILES string of the molecule is CC(C)N(CC(=O)O)C(=O)Cc1ccncc1. The van der Waals surface area contributed by atoms with Gasteiger partial charge in [0.2, 0.25) is 5.91 Å². The number of nitrogens with zero attached hydrogens (tertiary/aromatic N) is 2. The summed E-state index contributed by atoms with van der Waals surface area (Å²) in [5, 5.41) is 8.74. The van der Waals surface area contributed by atoms with Crippen molar-refractivity contribution in [3.8, 4) is 0 Å². The van der Waals surface area contributed by atoms with Gasteiger partial charge < -0.3 is 10.0 Å². The Hall–Kier alpha value is -1.91. The number of rotatable bonds is 5. The highest BCUT2D eigenvalue weighted by molar-refractivity contribution is 5.83. The molecule has 1 amide bonds. The van der Waals surface area contributed by atoms with Crippen LogP contribution in [0.4, 0.5) is 0 Å². The molecule has 1 N–H and O–H groups in total. The minimum absolute atomic E-state index is 0.125. The lowest BCUT2D eigenvalue weighted by Gasteiger charge is -2.24. The lowest BCUT2D eigenvalue weighted by atomic mass is 10.1. The number of hydrogen-bond donors (Lipinski definition) is 1. The minimum atomic E-state index is -0.998. The highest BCUT2D eigenvalue weighted by atomic mass is 16.4. The van der Waals surface area contributed by atoms with Crippen LogP contribution >= 0.6 is 0 Å². The van der Waals surface area contributed by atoms with E-state index in [1.165, 1.54) is 4.90 Å². The summed E-state index contributed by atoms with van der Waals surface area (Å²) in [6.45, 7) is 3.34. The van der Waals surface area contributed by atoms with E-state index >= 15 is 0 Å². The molecule has 1 aromatic heterocycles. The van der Waals surface area contributed by atoms with Crippen molar-refractivity contribution in [3.05, 3.63) is 30.1 Å². The molecule has 0 unspecified atom stereocenters. The largest absolute Gasteiger partial charge is 0.480 e. The number of carbonyl (C=O) groups excluding carboxylic acids is 1. The van der Waals surface area contributed by atoms with Crippen LogP contribution in [0.1, 0.15) is 19.4 Å². The fraction of sp³-hybridized carbons (Fsp3) is 0.417. The average Bonchev–Trinajstić information content (AvgIpc) is 2.26. The highest BCUT2D eigenvalue weighted by Gasteiger charge is 2.19. The van der Waals surface area contributed by atoms with Crippen molar-refractivity contribution in [2.24, 2.45) is 0 Å². The molecule has 0 aliphatic rings. The van der Waals surface area contributed by atoms with E-state index < -0.39 is 5.97 Å². The summed E-state index contributed by atoms with van der Waals surface area (Å²) in [7, 11) is 0. The molecule has 0 bridgehead atoms. The van der Waals surface area contributed by atoms with Gasteiger partial charge in [-0.25, -0.2) is 0 Å². The number of aliphatic carboxylic acids is 1. The first-order valence-corrected chi connectivity index (χ1v) is 5.41. The fourth-order valence-electron chi connectivity index (χ4n) is 1.48. The standard InChI is InChI=1S/C12H16N2O3/c1-9(2)14(8-12(16)17)11(15)7-10-3-5-13-6-4-10/h3-6,9H,7-8H2,1-2H3,(H,16,17). The van der Waals surface area contributed by atoms with E-state index in [4.69, 9.17) is 5.11 Å². The quantitative estimate of drug-likeness (QED) is 0.826. The summed E-state index contributed by atoms with van der Waals surface area (Å²) in [5.41, 5.74) is 0.834. The van der Waals surface area contributed by atoms with Crippen LogP contribution in [0, 0.1) is 0 Å². The normalized spacial score (nSPS) is 10.3. The molecule has 1 aromatic rings. The number of hydrogen-bond acceptors (Lipinski definition) is 3. The highest BCUT2D eigenvalue weighted by Crippen LogP contribution is 2.05. The zero-order valence-corrected chi connectivity index (χ0v) is 9.96. The Kier molecular flexibility index (Phi) is 4.63. The Morgan fingerprint density at radius 1 is 1.35 bits per heavy atom. The molecule has 1 rings (SSSR count). The lowest BCUT2D eigenvalue weighted by Crippen LogP contribution is -2.41. The number of pyridine rings is 1. The smallest absolute Gasteiger partial charge is 0.323 e. The maximum absolute atomic E-state index is 11.9. The molecule has 0 saturated carbocycles. The first-order chi connectivity index (χ1) is 8.00. The third-order valence-corrected chi connectivity index (χ3v) is 2.35. The molecule has 0 fully saturated rings. The molecule has 0 aromatic carbocycles. The minimum Gasteiger partial charge on any atom is -0.480 e. The van der Waals surface area contributed by atoms with E-state index in [0.717, 1.165) is 5.56 Å². The predicted molar refractivity (Wildman–Crippen MR) is 62.4 cm³/mol. The number of carboxylic acid groups (broad SMARTS) is 1.